The molecule has 40 heavy (non-hydrogen) atoms. The molecule has 0 spiro atoms. The Morgan fingerprint density at radius 1 is 0.875 bits per heavy atom. The van der Waals surface area contributed by atoms with Crippen LogP contribution in [0.5, 0.6) is 0 Å². The van der Waals surface area contributed by atoms with Crippen molar-refractivity contribution in [2.75, 3.05) is 37.4 Å². The predicted molar refractivity (Wildman–Crippen MR) is 158 cm³/mol. The Bertz CT molecular complexity index is 1520. The van der Waals surface area contributed by atoms with Gasteiger partial charge in [-0.1, -0.05) is 66.7 Å². The number of aliphatic imine (C=N–C) groups is 1. The predicted octanol–water partition coefficient (Wildman–Crippen LogP) is 5.82. The van der Waals surface area contributed by atoms with Gasteiger partial charge in [-0.05, 0) is 67.2 Å². The van der Waals surface area contributed by atoms with Gasteiger partial charge in [-0.15, -0.1) is 0 Å². The van der Waals surface area contributed by atoms with Gasteiger partial charge in [0.05, 0.1) is 17.8 Å². The second-order valence-corrected chi connectivity index (χ2v) is 10.0. The van der Waals surface area contributed by atoms with Crippen LogP contribution in [-0.4, -0.2) is 49.6 Å². The van der Waals surface area contributed by atoms with E-state index >= 15 is 0 Å². The van der Waals surface area contributed by atoms with Crippen molar-refractivity contribution in [1.82, 2.24) is 4.90 Å². The normalized spacial score (nSPS) is 14.7. The van der Waals surface area contributed by atoms with Crippen LogP contribution >= 0.6 is 0 Å². The molecule has 0 saturated carbocycles. The van der Waals surface area contributed by atoms with Crippen LogP contribution in [0.1, 0.15) is 22.6 Å². The highest BCUT2D eigenvalue weighted by atomic mass is 19.1. The number of carbonyl (C=O) groups excluding carboxylic acids is 2. The number of hydrogen-bond acceptors (Lipinski definition) is 4. The number of rotatable bonds is 9. The summed E-state index contributed by atoms with van der Waals surface area (Å²) in [5, 5.41) is 2.80. The monoisotopic (exact) mass is 534 g/mol. The first-order valence-corrected chi connectivity index (χ1v) is 13.2. The number of fused-ring (bicyclic) bond motifs is 1. The third-order valence-electron chi connectivity index (χ3n) is 6.87. The Labute approximate surface area is 233 Å². The summed E-state index contributed by atoms with van der Waals surface area (Å²) >= 11 is 0. The van der Waals surface area contributed by atoms with Crippen molar-refractivity contribution >= 4 is 34.6 Å². The maximum atomic E-state index is 13.9. The Kier molecular flexibility index (Phi) is 8.12. The van der Waals surface area contributed by atoms with Crippen LogP contribution in [0.15, 0.2) is 108 Å². The lowest BCUT2D eigenvalue weighted by molar-refractivity contribution is -0.118. The Hall–Kier alpha value is -4.62. The molecular formula is C33H31FN4O2. The first-order valence-electron chi connectivity index (χ1n) is 13.2. The van der Waals surface area contributed by atoms with Gasteiger partial charge in [0, 0.05) is 24.5 Å². The fourth-order valence-corrected chi connectivity index (χ4v) is 4.82. The molecule has 6 nitrogen and oxygen atoms in total. The van der Waals surface area contributed by atoms with E-state index in [1.54, 1.807) is 11.0 Å². The zero-order valence-electron chi connectivity index (χ0n) is 22.5. The van der Waals surface area contributed by atoms with Crippen LogP contribution in [0.4, 0.5) is 21.5 Å². The highest BCUT2D eigenvalue weighted by Gasteiger charge is 2.35. The molecule has 202 valence electrons. The van der Waals surface area contributed by atoms with Crippen molar-refractivity contribution in [3.05, 3.63) is 126 Å². The van der Waals surface area contributed by atoms with Crippen molar-refractivity contribution in [3.8, 4) is 0 Å². The lowest BCUT2D eigenvalue weighted by Gasteiger charge is -2.25. The Morgan fingerprint density at radius 2 is 1.55 bits per heavy atom. The van der Waals surface area contributed by atoms with Crippen molar-refractivity contribution in [2.24, 2.45) is 4.99 Å². The molecule has 0 saturated heterocycles. The fourth-order valence-electron chi connectivity index (χ4n) is 4.82. The lowest BCUT2D eigenvalue weighted by atomic mass is 9.90. The quantitative estimate of drug-likeness (QED) is 0.275. The maximum Gasteiger partial charge on any atom is 0.238 e. The molecule has 1 aliphatic heterocycles. The van der Waals surface area contributed by atoms with Gasteiger partial charge in [-0.3, -0.25) is 14.6 Å². The molecule has 1 atom stereocenters. The van der Waals surface area contributed by atoms with E-state index in [1.165, 1.54) is 12.1 Å². The Balaban J connectivity index is 1.47. The molecule has 5 rings (SSSR count). The van der Waals surface area contributed by atoms with Gasteiger partial charge in [0.25, 0.3) is 0 Å². The largest absolute Gasteiger partial charge is 0.325 e. The van der Waals surface area contributed by atoms with E-state index in [-0.39, 0.29) is 11.8 Å². The van der Waals surface area contributed by atoms with Crippen LogP contribution in [-0.2, 0) is 16.0 Å². The summed E-state index contributed by atoms with van der Waals surface area (Å²) < 4.78 is 13.9. The first kappa shape index (κ1) is 27.0. The molecule has 2 amide bonds. The number of nitrogens with one attached hydrogen (secondary N) is 1. The molecule has 0 fully saturated rings. The highest BCUT2D eigenvalue weighted by Crippen LogP contribution is 2.37. The number of halogens is 1. The summed E-state index contributed by atoms with van der Waals surface area (Å²) in [6, 6.07) is 31.0. The molecule has 0 aliphatic carbocycles. The van der Waals surface area contributed by atoms with Gasteiger partial charge in [0.2, 0.25) is 11.8 Å². The summed E-state index contributed by atoms with van der Waals surface area (Å²) in [5.41, 5.74) is 4.91. The average molecular weight is 535 g/mol. The molecule has 1 unspecified atom stereocenters. The number of nitrogens with zero attached hydrogens (tertiary/aromatic N) is 3. The van der Waals surface area contributed by atoms with E-state index in [1.807, 2.05) is 104 Å². The lowest BCUT2D eigenvalue weighted by Crippen LogP contribution is -2.37. The molecular weight excluding hydrogens is 503 g/mol. The minimum absolute atomic E-state index is 0.0146. The van der Waals surface area contributed by atoms with E-state index in [4.69, 9.17) is 4.99 Å². The molecule has 4 aromatic rings. The minimum Gasteiger partial charge on any atom is -0.325 e. The van der Waals surface area contributed by atoms with E-state index in [0.29, 0.717) is 35.6 Å². The van der Waals surface area contributed by atoms with Crippen molar-refractivity contribution in [1.29, 1.82) is 0 Å². The standard InChI is InChI=1S/C33H31FN4O2/c1-37(2)19-20-38(30(39)21-23-9-5-3-6-10-23)27-16-14-26(15-17-27)35-32(24-11-7-4-8-12-24)31-28-18-13-25(34)22-29(28)36-33(31)40/h3-18,22,31H,19-21H2,1-2H3,(H,36,40). The molecule has 0 aromatic heterocycles. The van der Waals surface area contributed by atoms with Crippen LogP contribution in [0, 0.1) is 5.82 Å². The molecule has 7 heteroatoms. The minimum atomic E-state index is -0.679. The van der Waals surface area contributed by atoms with Gasteiger partial charge in [-0.2, -0.15) is 0 Å². The number of hydrogen-bond donors (Lipinski definition) is 1. The zero-order valence-corrected chi connectivity index (χ0v) is 22.5. The molecule has 0 bridgehead atoms. The van der Waals surface area contributed by atoms with E-state index < -0.39 is 11.7 Å². The number of amides is 2. The Morgan fingerprint density at radius 3 is 2.23 bits per heavy atom. The van der Waals surface area contributed by atoms with Gasteiger partial charge in [-0.25, -0.2) is 4.39 Å². The van der Waals surface area contributed by atoms with Crippen LogP contribution in [0.25, 0.3) is 0 Å². The summed E-state index contributed by atoms with van der Waals surface area (Å²) in [7, 11) is 3.96. The van der Waals surface area contributed by atoms with Crippen molar-refractivity contribution in [3.63, 3.8) is 0 Å². The van der Waals surface area contributed by atoms with Crippen molar-refractivity contribution in [2.45, 2.75) is 12.3 Å². The van der Waals surface area contributed by atoms with Gasteiger partial charge in [0.15, 0.2) is 0 Å². The van der Waals surface area contributed by atoms with Gasteiger partial charge >= 0.3 is 0 Å². The topological polar surface area (TPSA) is 65.0 Å². The third-order valence-corrected chi connectivity index (χ3v) is 6.87. The molecule has 4 aromatic carbocycles. The van der Waals surface area contributed by atoms with Crippen LogP contribution in [0.2, 0.25) is 0 Å². The summed E-state index contributed by atoms with van der Waals surface area (Å²) in [4.78, 5) is 35.2. The van der Waals surface area contributed by atoms with E-state index in [9.17, 15) is 14.0 Å². The average Bonchev–Trinajstić information content (AvgIpc) is 3.27. The number of carbonyl (C=O) groups is 2. The first-order chi connectivity index (χ1) is 19.4. The molecule has 1 heterocycles. The highest BCUT2D eigenvalue weighted by molar-refractivity contribution is 6.24. The second-order valence-electron chi connectivity index (χ2n) is 10.0. The maximum absolute atomic E-state index is 13.9. The fraction of sp³-hybridized carbons (Fsp3) is 0.182. The number of benzene rings is 4. The molecule has 1 N–H and O–H groups in total. The number of likely N-dealkylation sites (N-methyl/N-ethyl adjacent to an activating group) is 1. The second kappa shape index (κ2) is 12.1. The van der Waals surface area contributed by atoms with E-state index in [2.05, 4.69) is 5.32 Å². The summed E-state index contributed by atoms with van der Waals surface area (Å²) in [6.07, 6.45) is 0.309. The summed E-state index contributed by atoms with van der Waals surface area (Å²) in [5.74, 6) is -1.32. The zero-order chi connectivity index (χ0) is 28.1. The van der Waals surface area contributed by atoms with Crippen molar-refractivity contribution < 1.29 is 14.0 Å². The van der Waals surface area contributed by atoms with Crippen LogP contribution in [0.3, 0.4) is 0 Å². The van der Waals surface area contributed by atoms with Gasteiger partial charge < -0.3 is 15.1 Å². The SMILES string of the molecule is CN(C)CCN(C(=O)Cc1ccccc1)c1ccc(N=C(c2ccccc2)C2C(=O)Nc3cc(F)ccc32)cc1. The number of anilines is 2. The third kappa shape index (κ3) is 6.16. The smallest absolute Gasteiger partial charge is 0.238 e. The van der Waals surface area contributed by atoms with Gasteiger partial charge in [0.1, 0.15) is 11.7 Å². The molecule has 1 aliphatic rings. The molecule has 0 radical (unpaired) electrons. The van der Waals surface area contributed by atoms with Crippen LogP contribution < -0.4 is 10.2 Å². The van der Waals surface area contributed by atoms with E-state index in [0.717, 1.165) is 23.4 Å². The summed E-state index contributed by atoms with van der Waals surface area (Å²) in [6.45, 7) is 1.27.